The minimum atomic E-state index is 0.451. The Balaban J connectivity index is 2.65. The van der Waals surface area contributed by atoms with Crippen LogP contribution in [0.1, 0.15) is 5.56 Å². The van der Waals surface area contributed by atoms with Gasteiger partial charge in [-0.3, -0.25) is 0 Å². The molecule has 0 spiro atoms. The average molecular weight is 284 g/mol. The van der Waals surface area contributed by atoms with Crippen molar-refractivity contribution in [2.45, 2.75) is 0 Å². The van der Waals surface area contributed by atoms with Crippen molar-refractivity contribution in [2.75, 3.05) is 38.5 Å². The third kappa shape index (κ3) is 3.00. The fourth-order valence-electron chi connectivity index (χ4n) is 1.75. The fraction of sp³-hybridized carbons (Fsp3) is 0.286. The van der Waals surface area contributed by atoms with Gasteiger partial charge in [0, 0.05) is 21.1 Å². The highest BCUT2D eigenvalue weighted by Gasteiger charge is 2.14. The van der Waals surface area contributed by atoms with Crippen molar-refractivity contribution >= 4 is 11.9 Å². The zero-order valence-corrected chi connectivity index (χ0v) is 12.4. The van der Waals surface area contributed by atoms with Crippen LogP contribution in [0.5, 0.6) is 5.75 Å². The summed E-state index contributed by atoms with van der Waals surface area (Å²) in [6, 6.07) is 7.22. The van der Waals surface area contributed by atoms with Gasteiger partial charge in [0.15, 0.2) is 5.82 Å². The van der Waals surface area contributed by atoms with Gasteiger partial charge in [0.25, 0.3) is 0 Å². The molecule has 0 saturated carbocycles. The molecule has 1 aromatic carbocycles. The van der Waals surface area contributed by atoms with Gasteiger partial charge in [0.2, 0.25) is 11.9 Å². The lowest BCUT2D eigenvalue weighted by Crippen LogP contribution is -2.15. The number of hydrogen-bond donors (Lipinski definition) is 1. The Hall–Kier alpha value is -2.88. The molecule has 1 N–H and O–H groups in total. The Morgan fingerprint density at radius 3 is 2.57 bits per heavy atom. The number of methoxy groups -OCH3 is 1. The largest absolute Gasteiger partial charge is 0.496 e. The number of nitrogens with one attached hydrogen (secondary N) is 1. The molecular weight excluding hydrogens is 268 g/mol. The van der Waals surface area contributed by atoms with E-state index in [4.69, 9.17) is 10.00 Å². The topological polar surface area (TPSA) is 87.0 Å². The monoisotopic (exact) mass is 284 g/mol. The second-order valence-electron chi connectivity index (χ2n) is 4.45. The van der Waals surface area contributed by atoms with E-state index in [1.165, 1.54) is 0 Å². The maximum absolute atomic E-state index is 9.05. The highest BCUT2D eigenvalue weighted by Crippen LogP contribution is 2.29. The molecule has 0 fully saturated rings. The van der Waals surface area contributed by atoms with Crippen LogP contribution in [-0.2, 0) is 0 Å². The molecule has 0 unspecified atom stereocenters. The van der Waals surface area contributed by atoms with Gasteiger partial charge in [-0.1, -0.05) is 0 Å². The summed E-state index contributed by atoms with van der Waals surface area (Å²) in [6.07, 6.45) is 0. The second-order valence-corrected chi connectivity index (χ2v) is 4.45. The van der Waals surface area contributed by atoms with E-state index < -0.39 is 0 Å². The van der Waals surface area contributed by atoms with E-state index in [9.17, 15) is 0 Å². The number of hydrogen-bond acceptors (Lipinski definition) is 7. The first-order chi connectivity index (χ1) is 10.1. The number of anilines is 2. The minimum Gasteiger partial charge on any atom is -0.496 e. The van der Waals surface area contributed by atoms with Gasteiger partial charge in [0.1, 0.15) is 5.75 Å². The van der Waals surface area contributed by atoms with Crippen molar-refractivity contribution in [3.05, 3.63) is 23.8 Å². The van der Waals surface area contributed by atoms with Crippen LogP contribution in [0.4, 0.5) is 11.9 Å². The summed E-state index contributed by atoms with van der Waals surface area (Å²) in [7, 11) is 7.00. The van der Waals surface area contributed by atoms with Crippen molar-refractivity contribution in [3.63, 3.8) is 0 Å². The minimum absolute atomic E-state index is 0.451. The first-order valence-corrected chi connectivity index (χ1v) is 6.28. The van der Waals surface area contributed by atoms with E-state index >= 15 is 0 Å². The van der Waals surface area contributed by atoms with Crippen molar-refractivity contribution in [1.29, 1.82) is 5.26 Å². The molecule has 7 heteroatoms. The summed E-state index contributed by atoms with van der Waals surface area (Å²) in [5.74, 6) is 2.03. The molecule has 0 aliphatic carbocycles. The molecule has 1 aromatic heterocycles. The smallest absolute Gasteiger partial charge is 0.230 e. The normalized spacial score (nSPS) is 9.86. The van der Waals surface area contributed by atoms with Gasteiger partial charge >= 0.3 is 0 Å². The summed E-state index contributed by atoms with van der Waals surface area (Å²) in [4.78, 5) is 14.8. The lowest BCUT2D eigenvalue weighted by atomic mass is 10.1. The summed E-state index contributed by atoms with van der Waals surface area (Å²) in [5, 5.41) is 12.0. The maximum Gasteiger partial charge on any atom is 0.230 e. The van der Waals surface area contributed by atoms with Gasteiger partial charge in [-0.05, 0) is 18.2 Å². The standard InChI is InChI=1S/C14H16N6O/c1-16-13-17-12(18-14(19-13)20(2)3)10-7-9(8-15)5-6-11(10)21-4/h5-7H,1-4H3,(H,16,17,18,19). The number of nitrogens with zero attached hydrogens (tertiary/aromatic N) is 5. The third-order valence-electron chi connectivity index (χ3n) is 2.82. The number of ether oxygens (including phenoxy) is 1. The maximum atomic E-state index is 9.05. The Morgan fingerprint density at radius 1 is 1.24 bits per heavy atom. The summed E-state index contributed by atoms with van der Waals surface area (Å²) in [5.41, 5.74) is 1.17. The molecule has 2 aromatic rings. The van der Waals surface area contributed by atoms with E-state index in [1.807, 2.05) is 14.1 Å². The molecule has 2 rings (SSSR count). The molecule has 0 atom stereocenters. The van der Waals surface area contributed by atoms with Crippen LogP contribution in [0.2, 0.25) is 0 Å². The third-order valence-corrected chi connectivity index (χ3v) is 2.82. The van der Waals surface area contributed by atoms with Crippen molar-refractivity contribution in [3.8, 4) is 23.2 Å². The molecule has 108 valence electrons. The Bertz CT molecular complexity index is 692. The summed E-state index contributed by atoms with van der Waals surface area (Å²) < 4.78 is 5.33. The Morgan fingerprint density at radius 2 is 2.00 bits per heavy atom. The lowest BCUT2D eigenvalue weighted by Gasteiger charge is -2.14. The average Bonchev–Trinajstić information content (AvgIpc) is 2.53. The molecule has 0 aliphatic heterocycles. The molecule has 0 bridgehead atoms. The molecule has 1 heterocycles. The highest BCUT2D eigenvalue weighted by atomic mass is 16.5. The second kappa shape index (κ2) is 6.05. The molecule has 0 radical (unpaired) electrons. The van der Waals surface area contributed by atoms with Crippen molar-refractivity contribution < 1.29 is 4.74 Å². The van der Waals surface area contributed by atoms with E-state index in [1.54, 1.807) is 37.3 Å². The molecule has 7 nitrogen and oxygen atoms in total. The predicted molar refractivity (Wildman–Crippen MR) is 80.4 cm³/mol. The van der Waals surface area contributed by atoms with E-state index in [0.717, 1.165) is 0 Å². The van der Waals surface area contributed by atoms with Crippen LogP contribution in [0, 0.1) is 11.3 Å². The van der Waals surface area contributed by atoms with Gasteiger partial charge in [-0.25, -0.2) is 0 Å². The highest BCUT2D eigenvalue weighted by molar-refractivity contribution is 5.68. The van der Waals surface area contributed by atoms with Gasteiger partial charge in [0.05, 0.1) is 24.3 Å². The first-order valence-electron chi connectivity index (χ1n) is 6.28. The molecule has 0 amide bonds. The van der Waals surface area contributed by atoms with Crippen LogP contribution < -0.4 is 15.0 Å². The number of nitriles is 1. The van der Waals surface area contributed by atoms with E-state index in [0.29, 0.717) is 34.6 Å². The van der Waals surface area contributed by atoms with Crippen LogP contribution >= 0.6 is 0 Å². The number of benzene rings is 1. The van der Waals surface area contributed by atoms with E-state index in [2.05, 4.69) is 26.3 Å². The lowest BCUT2D eigenvalue weighted by molar-refractivity contribution is 0.416. The first kappa shape index (κ1) is 14.5. The summed E-state index contributed by atoms with van der Waals surface area (Å²) in [6.45, 7) is 0. The van der Waals surface area contributed by atoms with Crippen LogP contribution in [0.25, 0.3) is 11.4 Å². The van der Waals surface area contributed by atoms with Crippen LogP contribution in [-0.4, -0.2) is 43.2 Å². The quantitative estimate of drug-likeness (QED) is 0.910. The van der Waals surface area contributed by atoms with Gasteiger partial charge in [-0.15, -0.1) is 0 Å². The number of rotatable bonds is 4. The van der Waals surface area contributed by atoms with E-state index in [-0.39, 0.29) is 0 Å². The Labute approximate surface area is 123 Å². The zero-order chi connectivity index (χ0) is 15.4. The SMILES string of the molecule is CNc1nc(-c2cc(C#N)ccc2OC)nc(N(C)C)n1. The summed E-state index contributed by atoms with van der Waals surface area (Å²) >= 11 is 0. The number of aromatic nitrogens is 3. The van der Waals surface area contributed by atoms with Crippen molar-refractivity contribution in [1.82, 2.24) is 15.0 Å². The molecular formula is C14H16N6O. The molecule has 21 heavy (non-hydrogen) atoms. The fourth-order valence-corrected chi connectivity index (χ4v) is 1.75. The molecule has 0 saturated heterocycles. The van der Waals surface area contributed by atoms with Gasteiger partial charge in [-0.2, -0.15) is 20.2 Å². The Kier molecular flexibility index (Phi) is 4.18. The van der Waals surface area contributed by atoms with Crippen LogP contribution in [0.3, 0.4) is 0 Å². The van der Waals surface area contributed by atoms with Crippen LogP contribution in [0.15, 0.2) is 18.2 Å². The predicted octanol–water partition coefficient (Wildman–Crippen LogP) is 1.53. The molecule has 0 aliphatic rings. The van der Waals surface area contributed by atoms with Crippen molar-refractivity contribution in [2.24, 2.45) is 0 Å². The zero-order valence-electron chi connectivity index (χ0n) is 12.4. The van der Waals surface area contributed by atoms with Gasteiger partial charge < -0.3 is 15.0 Å².